The number of nitrogens with zero attached hydrogens (tertiary/aromatic N) is 2. The number of halogens is 2. The number of nitrogens with one attached hydrogen (secondary N) is 3. The van der Waals surface area contributed by atoms with Crippen LogP contribution in [0.2, 0.25) is 0 Å². The van der Waals surface area contributed by atoms with Crippen LogP contribution in [0.5, 0.6) is 0 Å². The summed E-state index contributed by atoms with van der Waals surface area (Å²) in [5.74, 6) is -2.91. The largest absolute Gasteiger partial charge is 0.379 e. The molecule has 4 amide bonds. The summed E-state index contributed by atoms with van der Waals surface area (Å²) in [6.45, 7) is 5.03. The average Bonchev–Trinajstić information content (AvgIpc) is 2.97. The first-order chi connectivity index (χ1) is 20.3. The molecule has 2 aromatic rings. The van der Waals surface area contributed by atoms with Crippen molar-refractivity contribution in [3.63, 3.8) is 0 Å². The summed E-state index contributed by atoms with van der Waals surface area (Å²) in [5, 5.41) is 8.52. The third-order valence-corrected chi connectivity index (χ3v) is 7.75. The summed E-state index contributed by atoms with van der Waals surface area (Å²) in [7, 11) is 1.43. The van der Waals surface area contributed by atoms with Gasteiger partial charge in [0, 0.05) is 25.8 Å². The van der Waals surface area contributed by atoms with Gasteiger partial charge in [0.05, 0.1) is 18.4 Å². The van der Waals surface area contributed by atoms with E-state index < -0.39 is 29.6 Å². The number of amides is 4. The van der Waals surface area contributed by atoms with Gasteiger partial charge in [0.15, 0.2) is 11.6 Å². The summed E-state index contributed by atoms with van der Waals surface area (Å²) in [5.41, 5.74) is 2.57. The van der Waals surface area contributed by atoms with Crippen molar-refractivity contribution >= 4 is 29.2 Å². The number of piperidine rings is 1. The zero-order valence-electron chi connectivity index (χ0n) is 24.1. The SMILES string of the molecule is CCCC(=O)Nc1cccc(C2CCN(CCCNC(=O)C3C(COC)=NC(=O)N[C@@H]3c3ccc(F)c(F)c3)CC2)c1. The van der Waals surface area contributed by atoms with Crippen molar-refractivity contribution < 1.29 is 27.9 Å². The number of anilines is 1. The van der Waals surface area contributed by atoms with Crippen LogP contribution in [-0.2, 0) is 14.3 Å². The molecule has 0 aromatic heterocycles. The van der Waals surface area contributed by atoms with Gasteiger partial charge in [-0.3, -0.25) is 9.59 Å². The lowest BCUT2D eigenvalue weighted by atomic mass is 9.87. The second-order valence-corrected chi connectivity index (χ2v) is 10.8. The first-order valence-electron chi connectivity index (χ1n) is 14.5. The minimum Gasteiger partial charge on any atom is -0.379 e. The smallest absolute Gasteiger partial charge is 0.341 e. The first-order valence-corrected chi connectivity index (χ1v) is 14.5. The van der Waals surface area contributed by atoms with E-state index in [0.29, 0.717) is 18.9 Å². The molecule has 1 fully saturated rings. The lowest BCUT2D eigenvalue weighted by molar-refractivity contribution is -0.124. The molecular formula is C31H39F2N5O4. The predicted octanol–water partition coefficient (Wildman–Crippen LogP) is 4.56. The van der Waals surface area contributed by atoms with Crippen molar-refractivity contribution in [1.82, 2.24) is 15.5 Å². The van der Waals surface area contributed by atoms with Crippen molar-refractivity contribution in [2.75, 3.05) is 45.2 Å². The van der Waals surface area contributed by atoms with E-state index in [1.165, 1.54) is 18.7 Å². The van der Waals surface area contributed by atoms with Gasteiger partial charge in [-0.2, -0.15) is 4.99 Å². The van der Waals surface area contributed by atoms with Gasteiger partial charge in [-0.05, 0) is 86.6 Å². The number of carbonyl (C=O) groups excluding carboxylic acids is 3. The zero-order valence-corrected chi connectivity index (χ0v) is 24.1. The summed E-state index contributed by atoms with van der Waals surface area (Å²) < 4.78 is 32.7. The quantitative estimate of drug-likeness (QED) is 0.317. The van der Waals surface area contributed by atoms with Crippen LogP contribution in [0.1, 0.15) is 62.1 Å². The minimum absolute atomic E-state index is 0.0341. The van der Waals surface area contributed by atoms with Gasteiger partial charge >= 0.3 is 6.03 Å². The third kappa shape index (κ3) is 8.19. The van der Waals surface area contributed by atoms with Crippen molar-refractivity contribution in [2.24, 2.45) is 10.9 Å². The predicted molar refractivity (Wildman–Crippen MR) is 156 cm³/mol. The summed E-state index contributed by atoms with van der Waals surface area (Å²) in [4.78, 5) is 43.8. The molecule has 3 N–H and O–H groups in total. The molecule has 11 heteroatoms. The van der Waals surface area contributed by atoms with E-state index in [9.17, 15) is 23.2 Å². The standard InChI is InChI=1S/C31H39F2N5O4/c1-3-6-27(39)35-23-8-4-7-21(17-23)20-11-15-38(16-12-20)14-5-13-34-30(40)28-26(19-42-2)36-31(41)37-29(28)22-9-10-24(32)25(33)18-22/h4,7-10,17-18,20,28-29H,3,5-6,11-16,19H2,1-2H3,(H,34,40)(H,35,39)(H,37,41)/t28?,29-/m1/s1. The fraction of sp³-hybridized carbons (Fsp3) is 0.484. The Hall–Kier alpha value is -3.70. The van der Waals surface area contributed by atoms with E-state index in [-0.39, 0.29) is 29.7 Å². The van der Waals surface area contributed by atoms with Crippen LogP contribution in [0.3, 0.4) is 0 Å². The molecule has 0 aliphatic carbocycles. The van der Waals surface area contributed by atoms with E-state index >= 15 is 0 Å². The zero-order chi connectivity index (χ0) is 30.1. The van der Waals surface area contributed by atoms with E-state index in [4.69, 9.17) is 4.74 Å². The van der Waals surface area contributed by atoms with Gasteiger partial charge in [0.2, 0.25) is 11.8 Å². The monoisotopic (exact) mass is 583 g/mol. The topological polar surface area (TPSA) is 112 Å². The fourth-order valence-electron chi connectivity index (χ4n) is 5.63. The molecule has 226 valence electrons. The summed E-state index contributed by atoms with van der Waals surface area (Å²) >= 11 is 0. The lowest BCUT2D eigenvalue weighted by Gasteiger charge is -2.33. The van der Waals surface area contributed by atoms with Crippen LogP contribution in [0.25, 0.3) is 0 Å². The van der Waals surface area contributed by atoms with E-state index in [1.54, 1.807) is 0 Å². The molecule has 9 nitrogen and oxygen atoms in total. The molecule has 0 radical (unpaired) electrons. The van der Waals surface area contributed by atoms with Crippen LogP contribution in [0.4, 0.5) is 19.3 Å². The number of rotatable bonds is 12. The molecule has 2 aliphatic rings. The number of carbonyl (C=O) groups is 3. The Kier molecular flexibility index (Phi) is 11.1. The Bertz CT molecular complexity index is 1300. The number of likely N-dealkylation sites (tertiary alicyclic amines) is 1. The number of methoxy groups -OCH3 is 1. The second kappa shape index (κ2) is 15.0. The summed E-state index contributed by atoms with van der Waals surface area (Å²) in [6, 6.07) is 9.83. The van der Waals surface area contributed by atoms with Crippen LogP contribution in [0, 0.1) is 17.6 Å². The highest BCUT2D eigenvalue weighted by Gasteiger charge is 2.39. The number of aliphatic imine (C=N–C) groups is 1. The van der Waals surface area contributed by atoms with Crippen molar-refractivity contribution in [3.8, 4) is 0 Å². The van der Waals surface area contributed by atoms with Crippen LogP contribution < -0.4 is 16.0 Å². The Labute approximate surface area is 245 Å². The van der Waals surface area contributed by atoms with Gasteiger partial charge in [0.25, 0.3) is 0 Å². The fourth-order valence-corrected chi connectivity index (χ4v) is 5.63. The highest BCUT2D eigenvalue weighted by molar-refractivity contribution is 6.11. The molecule has 1 unspecified atom stereocenters. The maximum atomic E-state index is 14.0. The van der Waals surface area contributed by atoms with E-state index in [1.807, 2.05) is 19.1 Å². The van der Waals surface area contributed by atoms with Gasteiger partial charge < -0.3 is 25.6 Å². The molecule has 2 heterocycles. The lowest BCUT2D eigenvalue weighted by Crippen LogP contribution is -2.49. The number of urea groups is 1. The molecular weight excluding hydrogens is 544 g/mol. The highest BCUT2D eigenvalue weighted by atomic mass is 19.2. The normalized spacial score (nSPS) is 19.6. The maximum Gasteiger partial charge on any atom is 0.341 e. The molecule has 2 aromatic carbocycles. The molecule has 42 heavy (non-hydrogen) atoms. The number of benzene rings is 2. The summed E-state index contributed by atoms with van der Waals surface area (Å²) in [6.07, 6.45) is 4.06. The van der Waals surface area contributed by atoms with E-state index in [2.05, 4.69) is 38.0 Å². The molecule has 2 atom stereocenters. The Balaban J connectivity index is 1.28. The Morgan fingerprint density at radius 2 is 1.88 bits per heavy atom. The average molecular weight is 584 g/mol. The molecule has 2 aliphatic heterocycles. The Morgan fingerprint density at radius 1 is 1.10 bits per heavy atom. The van der Waals surface area contributed by atoms with Crippen LogP contribution in [0.15, 0.2) is 47.5 Å². The van der Waals surface area contributed by atoms with Gasteiger partial charge in [-0.25, -0.2) is 13.6 Å². The van der Waals surface area contributed by atoms with Gasteiger partial charge in [-0.15, -0.1) is 0 Å². The first kappa shape index (κ1) is 31.2. The molecule has 1 saturated heterocycles. The molecule has 0 bridgehead atoms. The van der Waals surface area contributed by atoms with E-state index in [0.717, 1.165) is 63.1 Å². The number of hydrogen-bond donors (Lipinski definition) is 3. The molecule has 0 spiro atoms. The third-order valence-electron chi connectivity index (χ3n) is 7.75. The second-order valence-electron chi connectivity index (χ2n) is 10.8. The van der Waals surface area contributed by atoms with Crippen molar-refractivity contribution in [3.05, 3.63) is 65.2 Å². The van der Waals surface area contributed by atoms with Gasteiger partial charge in [0.1, 0.15) is 5.92 Å². The number of ether oxygens (including phenoxy) is 1. The van der Waals surface area contributed by atoms with Crippen LogP contribution >= 0.6 is 0 Å². The molecule has 0 saturated carbocycles. The van der Waals surface area contributed by atoms with Gasteiger partial charge in [-0.1, -0.05) is 25.1 Å². The van der Waals surface area contributed by atoms with Crippen molar-refractivity contribution in [1.29, 1.82) is 0 Å². The minimum atomic E-state index is -1.06. The number of hydrogen-bond acceptors (Lipinski definition) is 5. The maximum absolute atomic E-state index is 14.0. The Morgan fingerprint density at radius 3 is 2.60 bits per heavy atom. The molecule has 4 rings (SSSR count). The van der Waals surface area contributed by atoms with Crippen LogP contribution in [-0.4, -0.2) is 68.4 Å². The highest BCUT2D eigenvalue weighted by Crippen LogP contribution is 2.30. The van der Waals surface area contributed by atoms with Crippen molar-refractivity contribution in [2.45, 2.75) is 51.0 Å².